The van der Waals surface area contributed by atoms with Gasteiger partial charge in [0.2, 0.25) is 0 Å². The fourth-order valence-electron chi connectivity index (χ4n) is 2.06. The standard InChI is InChI=1S/C16H38O3Si2/c1-20(2)18-15-11-7-5-9-13-17-14-10-6-8-12-16-19-21(3)4/h20-21H,5-16H2,1-4H3. The monoisotopic (exact) mass is 334 g/mol. The third-order valence-electron chi connectivity index (χ3n) is 3.27. The van der Waals surface area contributed by atoms with Crippen LogP contribution in [0, 0.1) is 0 Å². The van der Waals surface area contributed by atoms with Crippen molar-refractivity contribution in [3.8, 4) is 0 Å². The Hall–Kier alpha value is 0.314. The summed E-state index contributed by atoms with van der Waals surface area (Å²) in [6.07, 6.45) is 9.95. The minimum absolute atomic E-state index is 0.795. The van der Waals surface area contributed by atoms with Crippen molar-refractivity contribution >= 4 is 18.1 Å². The lowest BCUT2D eigenvalue weighted by Gasteiger charge is -2.07. The second-order valence-electron chi connectivity index (χ2n) is 6.28. The molecule has 128 valence electrons. The molecule has 0 bridgehead atoms. The van der Waals surface area contributed by atoms with E-state index in [4.69, 9.17) is 13.6 Å². The number of hydrogen-bond donors (Lipinski definition) is 0. The summed E-state index contributed by atoms with van der Waals surface area (Å²) in [5, 5.41) is 0. The Morgan fingerprint density at radius 2 is 0.810 bits per heavy atom. The normalized spacial score (nSPS) is 11.7. The Kier molecular flexibility index (Phi) is 16.9. The molecule has 0 N–H and O–H groups in total. The zero-order valence-corrected chi connectivity index (χ0v) is 17.2. The van der Waals surface area contributed by atoms with Crippen LogP contribution in [0.15, 0.2) is 0 Å². The van der Waals surface area contributed by atoms with Crippen molar-refractivity contribution in [2.24, 2.45) is 0 Å². The molecule has 0 saturated heterocycles. The molecule has 0 aliphatic rings. The lowest BCUT2D eigenvalue weighted by molar-refractivity contribution is 0.125. The zero-order chi connectivity index (χ0) is 15.8. The average molecular weight is 335 g/mol. The van der Waals surface area contributed by atoms with Crippen molar-refractivity contribution in [3.63, 3.8) is 0 Å². The summed E-state index contributed by atoms with van der Waals surface area (Å²) < 4.78 is 17.0. The third kappa shape index (κ3) is 20.3. The first-order chi connectivity index (χ1) is 10.1. The predicted octanol–water partition coefficient (Wildman–Crippen LogP) is 4.12. The van der Waals surface area contributed by atoms with Gasteiger partial charge in [0.15, 0.2) is 18.1 Å². The van der Waals surface area contributed by atoms with E-state index in [0.717, 1.165) is 26.4 Å². The maximum Gasteiger partial charge on any atom is 0.170 e. The van der Waals surface area contributed by atoms with E-state index in [-0.39, 0.29) is 0 Å². The van der Waals surface area contributed by atoms with Crippen molar-refractivity contribution in [3.05, 3.63) is 0 Å². The summed E-state index contributed by atoms with van der Waals surface area (Å²) in [6, 6.07) is 0. The first-order valence-corrected chi connectivity index (χ1v) is 14.5. The topological polar surface area (TPSA) is 27.7 Å². The number of ether oxygens (including phenoxy) is 1. The van der Waals surface area contributed by atoms with Crippen molar-refractivity contribution in [1.82, 2.24) is 0 Å². The fraction of sp³-hybridized carbons (Fsp3) is 1.00. The van der Waals surface area contributed by atoms with Gasteiger partial charge in [-0.1, -0.05) is 25.7 Å². The van der Waals surface area contributed by atoms with Crippen LogP contribution >= 0.6 is 0 Å². The quantitative estimate of drug-likeness (QED) is 0.314. The Labute approximate surface area is 136 Å². The highest BCUT2D eigenvalue weighted by molar-refractivity contribution is 6.48. The molecule has 0 aliphatic carbocycles. The lowest BCUT2D eigenvalue weighted by atomic mass is 10.2. The Bertz CT molecular complexity index is 182. The zero-order valence-electron chi connectivity index (χ0n) is 14.9. The van der Waals surface area contributed by atoms with Gasteiger partial charge in [-0.15, -0.1) is 0 Å². The van der Waals surface area contributed by atoms with Gasteiger partial charge in [-0.25, -0.2) is 0 Å². The van der Waals surface area contributed by atoms with E-state index < -0.39 is 18.1 Å². The summed E-state index contributed by atoms with van der Waals surface area (Å²) in [7, 11) is -1.59. The fourth-order valence-corrected chi connectivity index (χ4v) is 3.34. The first-order valence-electron chi connectivity index (χ1n) is 8.94. The van der Waals surface area contributed by atoms with Crippen LogP contribution in [0.1, 0.15) is 51.4 Å². The summed E-state index contributed by atoms with van der Waals surface area (Å²) in [6.45, 7) is 12.7. The Morgan fingerprint density at radius 1 is 0.476 bits per heavy atom. The molecule has 0 fully saturated rings. The summed E-state index contributed by atoms with van der Waals surface area (Å²) in [5.74, 6) is 0. The lowest BCUT2D eigenvalue weighted by Crippen LogP contribution is -2.08. The van der Waals surface area contributed by atoms with E-state index in [0.29, 0.717) is 0 Å². The van der Waals surface area contributed by atoms with Gasteiger partial charge in [0, 0.05) is 26.4 Å². The molecule has 3 nitrogen and oxygen atoms in total. The molecule has 5 heteroatoms. The molecule has 0 aliphatic heterocycles. The number of rotatable bonds is 16. The van der Waals surface area contributed by atoms with Crippen molar-refractivity contribution in [2.75, 3.05) is 26.4 Å². The minimum atomic E-state index is -0.795. The Balaban J connectivity index is 2.96. The van der Waals surface area contributed by atoms with E-state index in [9.17, 15) is 0 Å². The van der Waals surface area contributed by atoms with Crippen LogP contribution in [0.4, 0.5) is 0 Å². The van der Waals surface area contributed by atoms with Gasteiger partial charge in [0.25, 0.3) is 0 Å². The second kappa shape index (κ2) is 16.7. The van der Waals surface area contributed by atoms with Crippen LogP contribution in [0.5, 0.6) is 0 Å². The molecule has 0 rings (SSSR count). The summed E-state index contributed by atoms with van der Waals surface area (Å²) >= 11 is 0. The van der Waals surface area contributed by atoms with Gasteiger partial charge in [0.05, 0.1) is 0 Å². The summed E-state index contributed by atoms with van der Waals surface area (Å²) in [5.41, 5.74) is 0. The predicted molar refractivity (Wildman–Crippen MR) is 97.4 cm³/mol. The first kappa shape index (κ1) is 21.3. The van der Waals surface area contributed by atoms with E-state index >= 15 is 0 Å². The molecule has 0 aromatic rings. The number of hydrogen-bond acceptors (Lipinski definition) is 3. The SMILES string of the molecule is C[SiH](C)OCCCCCCOCCCCCCO[SiH](C)C. The molecule has 0 spiro atoms. The van der Waals surface area contributed by atoms with Gasteiger partial charge >= 0.3 is 0 Å². The van der Waals surface area contributed by atoms with Crippen LogP contribution in [0.25, 0.3) is 0 Å². The second-order valence-corrected chi connectivity index (χ2v) is 11.1. The minimum Gasteiger partial charge on any atom is -0.421 e. The van der Waals surface area contributed by atoms with Crippen molar-refractivity contribution in [2.45, 2.75) is 77.6 Å². The molecule has 0 aromatic carbocycles. The highest BCUT2D eigenvalue weighted by atomic mass is 28.3. The number of unbranched alkanes of at least 4 members (excludes halogenated alkanes) is 6. The molecule has 0 unspecified atom stereocenters. The average Bonchev–Trinajstić information content (AvgIpc) is 2.42. The van der Waals surface area contributed by atoms with Gasteiger partial charge in [-0.05, 0) is 51.9 Å². The molecule has 0 atom stereocenters. The van der Waals surface area contributed by atoms with Crippen LogP contribution in [-0.4, -0.2) is 44.5 Å². The maximum atomic E-state index is 5.67. The molecule has 0 aromatic heterocycles. The summed E-state index contributed by atoms with van der Waals surface area (Å²) in [4.78, 5) is 0. The third-order valence-corrected chi connectivity index (χ3v) is 5.07. The van der Waals surface area contributed by atoms with E-state index in [1.54, 1.807) is 0 Å². The van der Waals surface area contributed by atoms with Gasteiger partial charge < -0.3 is 13.6 Å². The van der Waals surface area contributed by atoms with Crippen molar-refractivity contribution in [1.29, 1.82) is 0 Å². The van der Waals surface area contributed by atoms with Crippen LogP contribution < -0.4 is 0 Å². The molecular weight excluding hydrogens is 296 g/mol. The smallest absolute Gasteiger partial charge is 0.170 e. The molecule has 0 amide bonds. The van der Waals surface area contributed by atoms with Gasteiger partial charge in [0.1, 0.15) is 0 Å². The van der Waals surface area contributed by atoms with Crippen LogP contribution in [0.3, 0.4) is 0 Å². The van der Waals surface area contributed by atoms with Crippen LogP contribution in [0.2, 0.25) is 26.2 Å². The largest absolute Gasteiger partial charge is 0.421 e. The van der Waals surface area contributed by atoms with E-state index in [2.05, 4.69) is 26.2 Å². The van der Waals surface area contributed by atoms with E-state index in [1.807, 2.05) is 0 Å². The highest BCUT2D eigenvalue weighted by Crippen LogP contribution is 2.04. The maximum absolute atomic E-state index is 5.67. The van der Waals surface area contributed by atoms with Crippen LogP contribution in [-0.2, 0) is 13.6 Å². The van der Waals surface area contributed by atoms with E-state index in [1.165, 1.54) is 51.4 Å². The van der Waals surface area contributed by atoms with Crippen molar-refractivity contribution < 1.29 is 13.6 Å². The van der Waals surface area contributed by atoms with Gasteiger partial charge in [-0.3, -0.25) is 0 Å². The van der Waals surface area contributed by atoms with Gasteiger partial charge in [-0.2, -0.15) is 0 Å². The molecule has 21 heavy (non-hydrogen) atoms. The molecule has 0 radical (unpaired) electrons. The molecule has 0 saturated carbocycles. The molecular formula is C16H38O3Si2. The Morgan fingerprint density at radius 3 is 1.14 bits per heavy atom. The molecule has 0 heterocycles. The highest BCUT2D eigenvalue weighted by Gasteiger charge is 1.97.